The number of hydrogen-bond donors (Lipinski definition) is 2. The molecule has 0 radical (unpaired) electrons. The zero-order chi connectivity index (χ0) is 20.4. The van der Waals surface area contributed by atoms with Gasteiger partial charge in [-0.15, -0.1) is 0 Å². The smallest absolute Gasteiger partial charge is 0.269 e. The largest absolute Gasteiger partial charge is 0.497 e. The van der Waals surface area contributed by atoms with Crippen LogP contribution in [0.15, 0.2) is 24.3 Å². The highest BCUT2D eigenvalue weighted by Crippen LogP contribution is 2.30. The van der Waals surface area contributed by atoms with E-state index < -0.39 is 0 Å². The van der Waals surface area contributed by atoms with E-state index in [1.165, 1.54) is 0 Å². The number of methoxy groups -OCH3 is 2. The molecule has 0 saturated heterocycles. The summed E-state index contributed by atoms with van der Waals surface area (Å²) < 4.78 is 12.4. The highest BCUT2D eigenvalue weighted by atomic mass is 16.5. The molecule has 3 rings (SSSR count). The Bertz CT molecular complexity index is 1010. The molecular weight excluding hydrogens is 358 g/mol. The average Bonchev–Trinajstić information content (AvgIpc) is 3.25. The van der Waals surface area contributed by atoms with E-state index in [-0.39, 0.29) is 11.9 Å². The van der Waals surface area contributed by atoms with Gasteiger partial charge in [-0.25, -0.2) is 0 Å². The maximum absolute atomic E-state index is 12.7. The van der Waals surface area contributed by atoms with E-state index in [0.29, 0.717) is 22.9 Å². The standard InChI is InChI=1S/C20H25N5O3/c1-11(15-8-7-14(27-5)9-18(15)28-6)21-20(26)17-10-16(22-23-17)19-12(2)24-25(4)13(19)3/h7-11H,1-6H3,(H,21,26)(H,22,23). The molecule has 28 heavy (non-hydrogen) atoms. The molecule has 8 nitrogen and oxygen atoms in total. The van der Waals surface area contributed by atoms with Crippen LogP contribution < -0.4 is 14.8 Å². The SMILES string of the molecule is COc1ccc(C(C)NC(=O)c2cc(-c3c(C)nn(C)c3C)n[nH]2)c(OC)c1. The van der Waals surface area contributed by atoms with E-state index in [1.807, 2.05) is 40.0 Å². The van der Waals surface area contributed by atoms with Crippen LogP contribution in [-0.4, -0.2) is 40.1 Å². The minimum absolute atomic E-state index is 0.247. The monoisotopic (exact) mass is 383 g/mol. The van der Waals surface area contributed by atoms with E-state index in [4.69, 9.17) is 9.47 Å². The molecule has 1 unspecified atom stereocenters. The fourth-order valence-electron chi connectivity index (χ4n) is 3.24. The predicted molar refractivity (Wildman–Crippen MR) is 106 cm³/mol. The summed E-state index contributed by atoms with van der Waals surface area (Å²) in [5.74, 6) is 1.10. The molecule has 2 aromatic heterocycles. The third-order valence-corrected chi connectivity index (χ3v) is 4.84. The molecule has 148 valence electrons. The number of carbonyl (C=O) groups excluding carboxylic acids is 1. The second kappa shape index (κ2) is 7.75. The number of nitrogens with zero attached hydrogens (tertiary/aromatic N) is 3. The first kappa shape index (κ1) is 19.5. The maximum Gasteiger partial charge on any atom is 0.269 e. The lowest BCUT2D eigenvalue weighted by molar-refractivity contribution is 0.0934. The van der Waals surface area contributed by atoms with E-state index >= 15 is 0 Å². The third kappa shape index (κ3) is 3.58. The first-order valence-electron chi connectivity index (χ1n) is 8.94. The zero-order valence-electron chi connectivity index (χ0n) is 17.0. The second-order valence-electron chi connectivity index (χ2n) is 6.64. The van der Waals surface area contributed by atoms with Crippen molar-refractivity contribution in [2.45, 2.75) is 26.8 Å². The first-order valence-corrected chi connectivity index (χ1v) is 8.94. The van der Waals surface area contributed by atoms with E-state index in [0.717, 1.165) is 22.5 Å². The van der Waals surface area contributed by atoms with Gasteiger partial charge in [-0.05, 0) is 39.0 Å². The number of aryl methyl sites for hydroxylation is 2. The Morgan fingerprint density at radius 3 is 2.57 bits per heavy atom. The van der Waals surface area contributed by atoms with Gasteiger partial charge in [-0.1, -0.05) is 0 Å². The molecule has 0 aliphatic rings. The highest BCUT2D eigenvalue weighted by molar-refractivity contribution is 5.93. The number of amides is 1. The quantitative estimate of drug-likeness (QED) is 0.683. The molecule has 3 aromatic rings. The molecule has 0 bridgehead atoms. The number of benzene rings is 1. The minimum Gasteiger partial charge on any atom is -0.497 e. The average molecular weight is 383 g/mol. The van der Waals surface area contributed by atoms with E-state index in [1.54, 1.807) is 31.0 Å². The van der Waals surface area contributed by atoms with Crippen molar-refractivity contribution in [2.75, 3.05) is 14.2 Å². The van der Waals surface area contributed by atoms with Crippen LogP contribution >= 0.6 is 0 Å². The Morgan fingerprint density at radius 1 is 1.21 bits per heavy atom. The van der Waals surface area contributed by atoms with Gasteiger partial charge in [0.1, 0.15) is 17.2 Å². The summed E-state index contributed by atoms with van der Waals surface area (Å²) in [6, 6.07) is 6.98. The number of hydrogen-bond acceptors (Lipinski definition) is 5. The second-order valence-corrected chi connectivity index (χ2v) is 6.64. The number of H-pyrrole nitrogens is 1. The van der Waals surface area contributed by atoms with Gasteiger partial charge in [0.25, 0.3) is 5.91 Å². The fourth-order valence-corrected chi connectivity index (χ4v) is 3.24. The number of aromatic nitrogens is 4. The van der Waals surface area contributed by atoms with Gasteiger partial charge < -0.3 is 14.8 Å². The molecule has 8 heteroatoms. The van der Waals surface area contributed by atoms with Gasteiger partial charge in [0.2, 0.25) is 0 Å². The van der Waals surface area contributed by atoms with Crippen LogP contribution in [0.1, 0.15) is 40.4 Å². The molecule has 1 aromatic carbocycles. The van der Waals surface area contributed by atoms with Crippen LogP contribution in [0.4, 0.5) is 0 Å². The normalized spacial score (nSPS) is 11.9. The lowest BCUT2D eigenvalue weighted by Gasteiger charge is -2.17. The number of carbonyl (C=O) groups is 1. The molecule has 1 atom stereocenters. The van der Waals surface area contributed by atoms with Crippen molar-refractivity contribution >= 4 is 5.91 Å². The highest BCUT2D eigenvalue weighted by Gasteiger charge is 2.20. The number of aromatic amines is 1. The summed E-state index contributed by atoms with van der Waals surface area (Å²) >= 11 is 0. The summed E-state index contributed by atoms with van der Waals surface area (Å²) in [6.07, 6.45) is 0. The van der Waals surface area contributed by atoms with Crippen molar-refractivity contribution in [3.05, 3.63) is 46.9 Å². The van der Waals surface area contributed by atoms with Gasteiger partial charge in [0.05, 0.1) is 31.6 Å². The molecule has 2 N–H and O–H groups in total. The van der Waals surface area contributed by atoms with Crippen molar-refractivity contribution in [1.82, 2.24) is 25.3 Å². The Labute approximate surface area is 163 Å². The summed E-state index contributed by atoms with van der Waals surface area (Å²) in [5.41, 5.74) is 4.74. The van der Waals surface area contributed by atoms with E-state index in [9.17, 15) is 4.79 Å². The Morgan fingerprint density at radius 2 is 1.96 bits per heavy atom. The van der Waals surface area contributed by atoms with Gasteiger partial charge >= 0.3 is 0 Å². The van der Waals surface area contributed by atoms with Crippen molar-refractivity contribution in [1.29, 1.82) is 0 Å². The first-order chi connectivity index (χ1) is 13.3. The Balaban J connectivity index is 1.80. The van der Waals surface area contributed by atoms with Crippen LogP contribution in [0.25, 0.3) is 11.3 Å². The number of rotatable bonds is 6. The van der Waals surface area contributed by atoms with Gasteiger partial charge in [0, 0.05) is 29.9 Å². The number of nitrogens with one attached hydrogen (secondary N) is 2. The maximum atomic E-state index is 12.7. The van der Waals surface area contributed by atoms with Gasteiger partial charge in [-0.3, -0.25) is 14.6 Å². The molecule has 2 heterocycles. The van der Waals surface area contributed by atoms with Crippen molar-refractivity contribution in [2.24, 2.45) is 7.05 Å². The Hall–Kier alpha value is -3.29. The zero-order valence-corrected chi connectivity index (χ0v) is 17.0. The molecule has 0 saturated carbocycles. The Kier molecular flexibility index (Phi) is 5.39. The lowest BCUT2D eigenvalue weighted by atomic mass is 10.1. The molecule has 1 amide bonds. The summed E-state index contributed by atoms with van der Waals surface area (Å²) in [4.78, 5) is 12.7. The van der Waals surface area contributed by atoms with Crippen LogP contribution in [-0.2, 0) is 7.05 Å². The predicted octanol–water partition coefficient (Wildman–Crippen LogP) is 2.94. The molecule has 0 aliphatic carbocycles. The molecule has 0 fully saturated rings. The van der Waals surface area contributed by atoms with Crippen molar-refractivity contribution in [3.8, 4) is 22.8 Å². The van der Waals surface area contributed by atoms with Crippen LogP contribution in [0, 0.1) is 13.8 Å². The third-order valence-electron chi connectivity index (χ3n) is 4.84. The topological polar surface area (TPSA) is 94.1 Å². The van der Waals surface area contributed by atoms with Gasteiger partial charge in [-0.2, -0.15) is 10.2 Å². The van der Waals surface area contributed by atoms with E-state index in [2.05, 4.69) is 20.6 Å². The van der Waals surface area contributed by atoms with Crippen LogP contribution in [0.2, 0.25) is 0 Å². The summed E-state index contributed by atoms with van der Waals surface area (Å²) in [7, 11) is 5.07. The summed E-state index contributed by atoms with van der Waals surface area (Å²) in [5, 5.41) is 14.5. The fraction of sp³-hybridized carbons (Fsp3) is 0.350. The van der Waals surface area contributed by atoms with Crippen molar-refractivity contribution in [3.63, 3.8) is 0 Å². The molecule has 0 spiro atoms. The number of ether oxygens (including phenoxy) is 2. The molecule has 0 aliphatic heterocycles. The lowest BCUT2D eigenvalue weighted by Crippen LogP contribution is -2.27. The van der Waals surface area contributed by atoms with Gasteiger partial charge in [0.15, 0.2) is 0 Å². The summed E-state index contributed by atoms with van der Waals surface area (Å²) in [6.45, 7) is 5.80. The molecular formula is C20H25N5O3. The van der Waals surface area contributed by atoms with Crippen LogP contribution in [0.3, 0.4) is 0 Å². The van der Waals surface area contributed by atoms with Crippen LogP contribution in [0.5, 0.6) is 11.5 Å². The minimum atomic E-state index is -0.262. The van der Waals surface area contributed by atoms with Crippen molar-refractivity contribution < 1.29 is 14.3 Å².